The molecule has 0 radical (unpaired) electrons. The second-order valence-electron chi connectivity index (χ2n) is 7.38. The minimum Gasteiger partial charge on any atom is -0.349 e. The molecule has 1 fully saturated rings. The third-order valence-corrected chi connectivity index (χ3v) is 5.22. The summed E-state index contributed by atoms with van der Waals surface area (Å²) in [5.74, 6) is -0.318. The van der Waals surface area contributed by atoms with Gasteiger partial charge >= 0.3 is 0 Å². The van der Waals surface area contributed by atoms with Gasteiger partial charge in [-0.25, -0.2) is 0 Å². The van der Waals surface area contributed by atoms with Gasteiger partial charge in [0.15, 0.2) is 0 Å². The van der Waals surface area contributed by atoms with Crippen LogP contribution in [0.1, 0.15) is 34.3 Å². The SMILES string of the molecule is Cc1ccccc1C(=O)NC1CCN(C(=O)CNC(=O)Cc2ccccc2)CC1. The van der Waals surface area contributed by atoms with Gasteiger partial charge in [0.2, 0.25) is 11.8 Å². The number of rotatable bonds is 6. The minimum absolute atomic E-state index is 0.00586. The molecule has 2 aromatic carbocycles. The van der Waals surface area contributed by atoms with E-state index in [0.29, 0.717) is 31.5 Å². The second kappa shape index (κ2) is 9.87. The van der Waals surface area contributed by atoms with Crippen molar-refractivity contribution in [1.82, 2.24) is 15.5 Å². The quantitative estimate of drug-likeness (QED) is 0.789. The van der Waals surface area contributed by atoms with Crippen molar-refractivity contribution in [2.24, 2.45) is 0 Å². The van der Waals surface area contributed by atoms with Crippen LogP contribution in [0.3, 0.4) is 0 Å². The molecule has 0 bridgehead atoms. The average molecular weight is 393 g/mol. The van der Waals surface area contributed by atoms with E-state index >= 15 is 0 Å². The number of hydrogen-bond donors (Lipinski definition) is 2. The Balaban J connectivity index is 1.39. The fourth-order valence-electron chi connectivity index (χ4n) is 3.49. The highest BCUT2D eigenvalue weighted by molar-refractivity contribution is 5.95. The summed E-state index contributed by atoms with van der Waals surface area (Å²) < 4.78 is 0. The number of nitrogens with zero attached hydrogens (tertiary/aromatic N) is 1. The van der Waals surface area contributed by atoms with Crippen LogP contribution in [-0.2, 0) is 16.0 Å². The first-order chi connectivity index (χ1) is 14.0. The number of piperidine rings is 1. The van der Waals surface area contributed by atoms with Crippen LogP contribution in [0.2, 0.25) is 0 Å². The molecule has 152 valence electrons. The van der Waals surface area contributed by atoms with E-state index in [2.05, 4.69) is 10.6 Å². The molecule has 0 unspecified atom stereocenters. The van der Waals surface area contributed by atoms with E-state index in [1.807, 2.05) is 61.5 Å². The van der Waals surface area contributed by atoms with E-state index in [9.17, 15) is 14.4 Å². The van der Waals surface area contributed by atoms with Crippen molar-refractivity contribution in [1.29, 1.82) is 0 Å². The molecule has 3 rings (SSSR count). The van der Waals surface area contributed by atoms with E-state index in [1.165, 1.54) is 0 Å². The van der Waals surface area contributed by atoms with Crippen molar-refractivity contribution in [2.75, 3.05) is 19.6 Å². The fraction of sp³-hybridized carbons (Fsp3) is 0.348. The molecule has 3 amide bonds. The number of carbonyl (C=O) groups excluding carboxylic acids is 3. The van der Waals surface area contributed by atoms with Crippen molar-refractivity contribution < 1.29 is 14.4 Å². The van der Waals surface area contributed by atoms with Crippen LogP contribution in [0, 0.1) is 6.92 Å². The number of carbonyl (C=O) groups is 3. The first-order valence-corrected chi connectivity index (χ1v) is 9.98. The van der Waals surface area contributed by atoms with Crippen molar-refractivity contribution in [3.8, 4) is 0 Å². The Hall–Kier alpha value is -3.15. The molecular formula is C23H27N3O3. The third-order valence-electron chi connectivity index (χ3n) is 5.22. The van der Waals surface area contributed by atoms with Crippen LogP contribution in [0.25, 0.3) is 0 Å². The highest BCUT2D eigenvalue weighted by Gasteiger charge is 2.24. The minimum atomic E-state index is -0.162. The lowest BCUT2D eigenvalue weighted by Gasteiger charge is -2.32. The zero-order valence-corrected chi connectivity index (χ0v) is 16.7. The summed E-state index contributed by atoms with van der Waals surface area (Å²) in [5, 5.41) is 5.77. The highest BCUT2D eigenvalue weighted by atomic mass is 16.2. The lowest BCUT2D eigenvalue weighted by Crippen LogP contribution is -2.49. The topological polar surface area (TPSA) is 78.5 Å². The molecular weight excluding hydrogens is 366 g/mol. The molecule has 1 aliphatic heterocycles. The Morgan fingerprint density at radius 1 is 0.966 bits per heavy atom. The maximum absolute atomic E-state index is 12.4. The van der Waals surface area contributed by atoms with Crippen molar-refractivity contribution in [3.05, 3.63) is 71.3 Å². The predicted molar refractivity (Wildman–Crippen MR) is 111 cm³/mol. The molecule has 1 saturated heterocycles. The predicted octanol–water partition coefficient (Wildman–Crippen LogP) is 2.07. The molecule has 29 heavy (non-hydrogen) atoms. The van der Waals surface area contributed by atoms with Crippen LogP contribution >= 0.6 is 0 Å². The molecule has 0 atom stereocenters. The van der Waals surface area contributed by atoms with Crippen LogP contribution in [-0.4, -0.2) is 48.3 Å². The van der Waals surface area contributed by atoms with Crippen LogP contribution < -0.4 is 10.6 Å². The lowest BCUT2D eigenvalue weighted by atomic mass is 10.0. The molecule has 0 spiro atoms. The smallest absolute Gasteiger partial charge is 0.251 e. The summed E-state index contributed by atoms with van der Waals surface area (Å²) in [6, 6.07) is 17.0. The van der Waals surface area contributed by atoms with Crippen molar-refractivity contribution in [2.45, 2.75) is 32.2 Å². The van der Waals surface area contributed by atoms with Gasteiger partial charge in [-0.3, -0.25) is 14.4 Å². The monoisotopic (exact) mass is 393 g/mol. The molecule has 6 heteroatoms. The molecule has 1 aliphatic rings. The Kier molecular flexibility index (Phi) is 7.00. The summed E-state index contributed by atoms with van der Waals surface area (Å²) in [4.78, 5) is 38.6. The van der Waals surface area contributed by atoms with E-state index in [4.69, 9.17) is 0 Å². The van der Waals surface area contributed by atoms with Crippen LogP contribution in [0.5, 0.6) is 0 Å². The van der Waals surface area contributed by atoms with E-state index in [0.717, 1.165) is 11.1 Å². The molecule has 0 aromatic heterocycles. The number of nitrogens with one attached hydrogen (secondary N) is 2. The maximum Gasteiger partial charge on any atom is 0.251 e. The number of hydrogen-bond acceptors (Lipinski definition) is 3. The zero-order valence-electron chi connectivity index (χ0n) is 16.7. The van der Waals surface area contributed by atoms with Gasteiger partial charge in [0.1, 0.15) is 0 Å². The van der Waals surface area contributed by atoms with Gasteiger partial charge in [0.05, 0.1) is 13.0 Å². The fourth-order valence-corrected chi connectivity index (χ4v) is 3.49. The van der Waals surface area contributed by atoms with Crippen molar-refractivity contribution >= 4 is 17.7 Å². The van der Waals surface area contributed by atoms with E-state index in [-0.39, 0.29) is 36.7 Å². The maximum atomic E-state index is 12.4. The Bertz CT molecular complexity index is 859. The summed E-state index contributed by atoms with van der Waals surface area (Å²) in [6.07, 6.45) is 1.68. The molecule has 0 aliphatic carbocycles. The summed E-state index contributed by atoms with van der Waals surface area (Å²) >= 11 is 0. The lowest BCUT2D eigenvalue weighted by molar-refractivity contribution is -0.133. The summed E-state index contributed by atoms with van der Waals surface area (Å²) in [6.45, 7) is 3.08. The van der Waals surface area contributed by atoms with Gasteiger partial charge in [-0.15, -0.1) is 0 Å². The average Bonchev–Trinajstić information content (AvgIpc) is 2.73. The van der Waals surface area contributed by atoms with Crippen molar-refractivity contribution in [3.63, 3.8) is 0 Å². The van der Waals surface area contributed by atoms with Gasteiger partial charge < -0.3 is 15.5 Å². The van der Waals surface area contributed by atoms with Gasteiger partial charge in [-0.1, -0.05) is 48.5 Å². The Morgan fingerprint density at radius 2 is 1.62 bits per heavy atom. The first kappa shape index (κ1) is 20.6. The number of benzene rings is 2. The van der Waals surface area contributed by atoms with Gasteiger partial charge in [0, 0.05) is 24.7 Å². The van der Waals surface area contributed by atoms with Crippen LogP contribution in [0.15, 0.2) is 54.6 Å². The molecule has 6 nitrogen and oxygen atoms in total. The molecule has 1 heterocycles. The number of likely N-dealkylation sites (tertiary alicyclic amines) is 1. The van der Waals surface area contributed by atoms with Gasteiger partial charge in [0.25, 0.3) is 5.91 Å². The Labute approximate surface area is 171 Å². The van der Waals surface area contributed by atoms with E-state index < -0.39 is 0 Å². The number of amides is 3. The third kappa shape index (κ3) is 5.91. The van der Waals surface area contributed by atoms with Gasteiger partial charge in [-0.05, 0) is 37.0 Å². The highest BCUT2D eigenvalue weighted by Crippen LogP contribution is 2.13. The standard InChI is InChI=1S/C23H27N3O3/c1-17-7-5-6-10-20(17)23(29)25-19-11-13-26(14-12-19)22(28)16-24-21(27)15-18-8-3-2-4-9-18/h2-10,19H,11-16H2,1H3,(H,24,27)(H,25,29). The second-order valence-corrected chi connectivity index (χ2v) is 7.38. The summed E-state index contributed by atoms with van der Waals surface area (Å²) in [5.41, 5.74) is 2.55. The first-order valence-electron chi connectivity index (χ1n) is 9.98. The van der Waals surface area contributed by atoms with E-state index in [1.54, 1.807) is 4.90 Å². The molecule has 2 N–H and O–H groups in total. The normalized spacial score (nSPS) is 14.3. The molecule has 0 saturated carbocycles. The zero-order chi connectivity index (χ0) is 20.6. The Morgan fingerprint density at radius 3 is 2.31 bits per heavy atom. The largest absolute Gasteiger partial charge is 0.349 e. The molecule has 2 aromatic rings. The number of aryl methyl sites for hydroxylation is 1. The van der Waals surface area contributed by atoms with Gasteiger partial charge in [-0.2, -0.15) is 0 Å². The summed E-state index contributed by atoms with van der Waals surface area (Å²) in [7, 11) is 0. The van der Waals surface area contributed by atoms with Crippen LogP contribution in [0.4, 0.5) is 0 Å².